The molecule has 0 N–H and O–H groups in total. The summed E-state index contributed by atoms with van der Waals surface area (Å²) in [6, 6.07) is 0. The molecule has 1 aromatic rings. The van der Waals surface area contributed by atoms with Crippen molar-refractivity contribution in [2.24, 2.45) is 0 Å². The van der Waals surface area contributed by atoms with Crippen LogP contribution < -0.4 is 0 Å². The fourth-order valence-corrected chi connectivity index (χ4v) is 0.433. The van der Waals surface area contributed by atoms with Crippen molar-refractivity contribution in [2.75, 3.05) is 0 Å². The lowest BCUT2D eigenvalue weighted by Crippen LogP contribution is -2.04. The molecule has 6 heteroatoms. The van der Waals surface area contributed by atoms with E-state index in [4.69, 9.17) is 0 Å². The Labute approximate surface area is 73.3 Å². The van der Waals surface area contributed by atoms with E-state index >= 15 is 0 Å². The summed E-state index contributed by atoms with van der Waals surface area (Å²) in [5.41, 5.74) is 0. The molecule has 0 aliphatic rings. The molecular formula is C7H9F3N2O. The van der Waals surface area contributed by atoms with Crippen molar-refractivity contribution in [1.82, 2.24) is 10.1 Å². The molecule has 0 spiro atoms. The minimum atomic E-state index is -4.58. The maximum atomic E-state index is 11.7. The molecule has 0 fully saturated rings. The van der Waals surface area contributed by atoms with Crippen molar-refractivity contribution in [3.8, 4) is 0 Å². The normalized spacial score (nSPS) is 10.2. The third kappa shape index (κ3) is 3.27. The highest BCUT2D eigenvalue weighted by Crippen LogP contribution is 2.27. The number of aromatic nitrogens is 2. The van der Waals surface area contributed by atoms with Crippen molar-refractivity contribution < 1.29 is 17.7 Å². The van der Waals surface area contributed by atoms with Crippen molar-refractivity contribution in [2.45, 2.75) is 20.0 Å². The highest BCUT2D eigenvalue weighted by molar-refractivity contribution is 5.34. The molecule has 0 atom stereocenters. The number of halogens is 3. The summed E-state index contributed by atoms with van der Waals surface area (Å²) in [5.74, 6) is -1.52. The van der Waals surface area contributed by atoms with Crippen LogP contribution in [0.15, 0.2) is 11.1 Å². The number of hydrogen-bond donors (Lipinski definition) is 0. The van der Waals surface area contributed by atoms with Crippen LogP contribution in [0, 0.1) is 0 Å². The first-order valence-corrected chi connectivity index (χ1v) is 3.57. The Bertz CT molecular complexity index is 267. The second-order valence-electron chi connectivity index (χ2n) is 1.66. The van der Waals surface area contributed by atoms with Crippen molar-refractivity contribution >= 4 is 6.08 Å². The first-order chi connectivity index (χ1) is 6.04. The summed E-state index contributed by atoms with van der Waals surface area (Å²) >= 11 is 0. The van der Waals surface area contributed by atoms with Gasteiger partial charge in [-0.2, -0.15) is 18.2 Å². The molecule has 0 amide bonds. The van der Waals surface area contributed by atoms with Gasteiger partial charge in [0.15, 0.2) is 5.82 Å². The standard InChI is InChI=1S/C5H3F3N2O.C2H6/c1-2-3-9-4(11-10-3)5(6,7)8;1-2/h2H,1H2;1-2H3. The van der Waals surface area contributed by atoms with Crippen LogP contribution in [0.2, 0.25) is 0 Å². The molecule has 1 heterocycles. The number of alkyl halides is 3. The van der Waals surface area contributed by atoms with E-state index in [2.05, 4.69) is 21.2 Å². The van der Waals surface area contributed by atoms with Gasteiger partial charge in [0.2, 0.25) is 0 Å². The Hall–Kier alpha value is -1.33. The number of hydrogen-bond acceptors (Lipinski definition) is 3. The summed E-state index contributed by atoms with van der Waals surface area (Å²) in [6.07, 6.45) is -3.51. The molecule has 1 aromatic heterocycles. The van der Waals surface area contributed by atoms with E-state index in [1.807, 2.05) is 13.8 Å². The van der Waals surface area contributed by atoms with Gasteiger partial charge in [0.25, 0.3) is 0 Å². The van der Waals surface area contributed by atoms with Gasteiger partial charge >= 0.3 is 12.1 Å². The predicted octanol–water partition coefficient (Wildman–Crippen LogP) is 2.76. The van der Waals surface area contributed by atoms with E-state index in [1.54, 1.807) is 0 Å². The van der Waals surface area contributed by atoms with E-state index in [-0.39, 0.29) is 5.82 Å². The van der Waals surface area contributed by atoms with Crippen LogP contribution in [0.25, 0.3) is 6.08 Å². The van der Waals surface area contributed by atoms with Crippen LogP contribution in [0.1, 0.15) is 25.6 Å². The van der Waals surface area contributed by atoms with E-state index < -0.39 is 12.1 Å². The number of nitrogens with zero attached hydrogens (tertiary/aromatic N) is 2. The number of rotatable bonds is 1. The topological polar surface area (TPSA) is 38.9 Å². The summed E-state index contributed by atoms with van der Waals surface area (Å²) in [5, 5.41) is 2.98. The molecule has 0 unspecified atom stereocenters. The SMILES string of the molecule is C=Cc1noc(C(F)(F)F)n1.CC. The van der Waals surface area contributed by atoms with Crippen molar-refractivity contribution in [1.29, 1.82) is 0 Å². The van der Waals surface area contributed by atoms with Gasteiger partial charge in [-0.25, -0.2) is 0 Å². The van der Waals surface area contributed by atoms with Crippen LogP contribution in [-0.4, -0.2) is 10.1 Å². The first-order valence-electron chi connectivity index (χ1n) is 3.57. The molecule has 0 aliphatic heterocycles. The average molecular weight is 194 g/mol. The molecule has 13 heavy (non-hydrogen) atoms. The lowest BCUT2D eigenvalue weighted by Gasteiger charge is -1.95. The van der Waals surface area contributed by atoms with E-state index in [0.29, 0.717) is 0 Å². The minimum absolute atomic E-state index is 0.169. The molecule has 0 aromatic carbocycles. The zero-order chi connectivity index (χ0) is 10.5. The highest BCUT2D eigenvalue weighted by Gasteiger charge is 2.38. The van der Waals surface area contributed by atoms with Gasteiger partial charge in [0, 0.05) is 0 Å². The van der Waals surface area contributed by atoms with Gasteiger partial charge in [-0.1, -0.05) is 25.6 Å². The van der Waals surface area contributed by atoms with E-state index in [1.165, 1.54) is 0 Å². The Balaban J connectivity index is 0.000000671. The van der Waals surface area contributed by atoms with Crippen LogP contribution >= 0.6 is 0 Å². The van der Waals surface area contributed by atoms with Gasteiger partial charge in [0.05, 0.1) is 0 Å². The predicted molar refractivity (Wildman–Crippen MR) is 40.7 cm³/mol. The third-order valence-corrected chi connectivity index (χ3v) is 0.867. The van der Waals surface area contributed by atoms with Gasteiger partial charge in [0.1, 0.15) is 0 Å². The van der Waals surface area contributed by atoms with Gasteiger partial charge in [-0.15, -0.1) is 0 Å². The van der Waals surface area contributed by atoms with Gasteiger partial charge in [-0.3, -0.25) is 0 Å². The monoisotopic (exact) mass is 194 g/mol. The quantitative estimate of drug-likeness (QED) is 0.689. The first kappa shape index (κ1) is 11.7. The highest BCUT2D eigenvalue weighted by atomic mass is 19.4. The zero-order valence-corrected chi connectivity index (χ0v) is 7.22. The summed E-state index contributed by atoms with van der Waals surface area (Å²) in [4.78, 5) is 2.98. The van der Waals surface area contributed by atoms with Gasteiger partial charge < -0.3 is 4.52 Å². The van der Waals surface area contributed by atoms with Crippen LogP contribution in [0.5, 0.6) is 0 Å². The lowest BCUT2D eigenvalue weighted by atomic mass is 10.6. The fraction of sp³-hybridized carbons (Fsp3) is 0.429. The lowest BCUT2D eigenvalue weighted by molar-refractivity contribution is -0.159. The zero-order valence-electron chi connectivity index (χ0n) is 7.22. The molecule has 3 nitrogen and oxygen atoms in total. The molecular weight excluding hydrogens is 185 g/mol. The Morgan fingerprint density at radius 2 is 1.92 bits per heavy atom. The van der Waals surface area contributed by atoms with Gasteiger partial charge in [-0.05, 0) is 6.08 Å². The molecule has 0 aliphatic carbocycles. The van der Waals surface area contributed by atoms with Crippen LogP contribution in [0.3, 0.4) is 0 Å². The second kappa shape index (κ2) is 4.64. The maximum Gasteiger partial charge on any atom is 0.471 e. The van der Waals surface area contributed by atoms with Crippen LogP contribution in [0.4, 0.5) is 13.2 Å². The molecule has 0 bridgehead atoms. The largest absolute Gasteiger partial charge is 0.471 e. The van der Waals surface area contributed by atoms with E-state index in [9.17, 15) is 13.2 Å². The summed E-state index contributed by atoms with van der Waals surface area (Å²) in [7, 11) is 0. The molecule has 74 valence electrons. The maximum absolute atomic E-state index is 11.7. The smallest absolute Gasteiger partial charge is 0.329 e. The minimum Gasteiger partial charge on any atom is -0.329 e. The van der Waals surface area contributed by atoms with E-state index in [0.717, 1.165) is 6.08 Å². The molecule has 1 rings (SSSR count). The second-order valence-corrected chi connectivity index (χ2v) is 1.66. The summed E-state index contributed by atoms with van der Waals surface area (Å²) < 4.78 is 39.0. The average Bonchev–Trinajstić information content (AvgIpc) is 2.54. The Morgan fingerprint density at radius 1 is 1.38 bits per heavy atom. The molecule has 0 saturated carbocycles. The Morgan fingerprint density at radius 3 is 2.15 bits per heavy atom. The molecule has 0 saturated heterocycles. The van der Waals surface area contributed by atoms with Crippen LogP contribution in [-0.2, 0) is 6.18 Å². The fourth-order valence-electron chi connectivity index (χ4n) is 0.433. The van der Waals surface area contributed by atoms with Crippen molar-refractivity contribution in [3.63, 3.8) is 0 Å². The van der Waals surface area contributed by atoms with Crippen molar-refractivity contribution in [3.05, 3.63) is 18.3 Å². The summed E-state index contributed by atoms with van der Waals surface area (Å²) in [6.45, 7) is 7.17. The third-order valence-electron chi connectivity index (χ3n) is 0.867. The molecule has 0 radical (unpaired) electrons. The Kier molecular flexibility index (Phi) is 4.16.